The second kappa shape index (κ2) is 10.7. The second-order valence-electron chi connectivity index (χ2n) is 10.4. The fraction of sp³-hybridized carbons (Fsp3) is 0.542. The number of esters is 1. The summed E-state index contributed by atoms with van der Waals surface area (Å²) in [5.41, 5.74) is 2.03. The quantitative estimate of drug-likeness (QED) is 0.188. The molecule has 8 nitrogen and oxygen atoms in total. The SMILES string of the molecule is COC(=O)c1cc(OC(=O)OC(C)(C)C)cc(N(CC#C[Si](C)(C)C)C(=O)OC(C)(C)C)c1. The number of amides is 1. The van der Waals surface area contributed by atoms with Crippen molar-refractivity contribution in [2.75, 3.05) is 18.6 Å². The fourth-order valence-electron chi connectivity index (χ4n) is 2.36. The maximum atomic E-state index is 13.0. The molecular formula is C24H35NO7Si. The van der Waals surface area contributed by atoms with Crippen molar-refractivity contribution in [3.05, 3.63) is 23.8 Å². The van der Waals surface area contributed by atoms with Crippen molar-refractivity contribution in [3.8, 4) is 17.2 Å². The third-order valence-corrected chi connectivity index (χ3v) is 4.46. The molecule has 1 rings (SSSR count). The van der Waals surface area contributed by atoms with Crippen LogP contribution in [-0.2, 0) is 14.2 Å². The summed E-state index contributed by atoms with van der Waals surface area (Å²) in [6.07, 6.45) is -1.60. The Morgan fingerprint density at radius 2 is 1.52 bits per heavy atom. The van der Waals surface area contributed by atoms with Gasteiger partial charge in [-0.15, -0.1) is 5.54 Å². The highest BCUT2D eigenvalue weighted by molar-refractivity contribution is 6.83. The van der Waals surface area contributed by atoms with Crippen LogP contribution in [0.2, 0.25) is 19.6 Å². The number of anilines is 1. The lowest BCUT2D eigenvalue weighted by Gasteiger charge is -2.27. The first-order chi connectivity index (χ1) is 14.9. The van der Waals surface area contributed by atoms with Crippen LogP contribution in [0.3, 0.4) is 0 Å². The molecule has 0 aliphatic heterocycles. The molecule has 0 atom stereocenters. The molecule has 0 radical (unpaired) electrons. The van der Waals surface area contributed by atoms with Gasteiger partial charge in [0.15, 0.2) is 0 Å². The first-order valence-corrected chi connectivity index (χ1v) is 14.0. The van der Waals surface area contributed by atoms with Crippen LogP contribution in [0.5, 0.6) is 5.75 Å². The van der Waals surface area contributed by atoms with E-state index < -0.39 is 37.5 Å². The molecule has 0 aromatic heterocycles. The van der Waals surface area contributed by atoms with Crippen molar-refractivity contribution in [3.63, 3.8) is 0 Å². The molecule has 0 N–H and O–H groups in total. The zero-order valence-electron chi connectivity index (χ0n) is 21.2. The van der Waals surface area contributed by atoms with E-state index in [1.54, 1.807) is 41.5 Å². The lowest BCUT2D eigenvalue weighted by atomic mass is 10.1. The van der Waals surface area contributed by atoms with Gasteiger partial charge in [-0.2, -0.15) is 0 Å². The van der Waals surface area contributed by atoms with Gasteiger partial charge < -0.3 is 18.9 Å². The number of hydrogen-bond donors (Lipinski definition) is 0. The van der Waals surface area contributed by atoms with Gasteiger partial charge >= 0.3 is 18.2 Å². The van der Waals surface area contributed by atoms with Gasteiger partial charge in [-0.1, -0.05) is 25.6 Å². The Bertz CT molecular complexity index is 941. The van der Waals surface area contributed by atoms with Crippen LogP contribution in [0.15, 0.2) is 18.2 Å². The van der Waals surface area contributed by atoms with E-state index in [9.17, 15) is 14.4 Å². The Morgan fingerprint density at radius 1 is 0.939 bits per heavy atom. The van der Waals surface area contributed by atoms with E-state index in [1.165, 1.54) is 30.2 Å². The molecular weight excluding hydrogens is 442 g/mol. The average Bonchev–Trinajstić information content (AvgIpc) is 2.60. The molecule has 182 valence electrons. The Morgan fingerprint density at radius 3 is 2.00 bits per heavy atom. The first-order valence-electron chi connectivity index (χ1n) is 10.5. The molecule has 0 aliphatic rings. The summed E-state index contributed by atoms with van der Waals surface area (Å²) >= 11 is 0. The monoisotopic (exact) mass is 477 g/mol. The Kier molecular flexibility index (Phi) is 9.13. The lowest BCUT2D eigenvalue weighted by molar-refractivity contribution is 0.0205. The van der Waals surface area contributed by atoms with Gasteiger partial charge in [0.2, 0.25) is 0 Å². The molecule has 0 aliphatic carbocycles. The lowest BCUT2D eigenvalue weighted by Crippen LogP contribution is -2.37. The van der Waals surface area contributed by atoms with E-state index in [2.05, 4.69) is 31.1 Å². The highest BCUT2D eigenvalue weighted by atomic mass is 28.3. The maximum absolute atomic E-state index is 13.0. The van der Waals surface area contributed by atoms with Crippen LogP contribution in [0, 0.1) is 11.5 Å². The molecule has 33 heavy (non-hydrogen) atoms. The van der Waals surface area contributed by atoms with Crippen LogP contribution in [0.1, 0.15) is 51.9 Å². The summed E-state index contributed by atoms with van der Waals surface area (Å²) < 4.78 is 20.8. The minimum absolute atomic E-state index is 0.00821. The largest absolute Gasteiger partial charge is 0.514 e. The third-order valence-electron chi connectivity index (χ3n) is 3.53. The summed E-state index contributed by atoms with van der Waals surface area (Å²) in [6, 6.07) is 4.23. The minimum Gasteiger partial charge on any atom is -0.465 e. The molecule has 0 bridgehead atoms. The summed E-state index contributed by atoms with van der Waals surface area (Å²) in [7, 11) is -0.466. The zero-order chi connectivity index (χ0) is 25.6. The van der Waals surface area contributed by atoms with E-state index in [1.807, 2.05) is 0 Å². The minimum atomic E-state index is -1.70. The van der Waals surface area contributed by atoms with Crippen LogP contribution in [0.4, 0.5) is 15.3 Å². The summed E-state index contributed by atoms with van der Waals surface area (Å²) in [4.78, 5) is 38.7. The van der Waals surface area contributed by atoms with Gasteiger partial charge in [0, 0.05) is 6.07 Å². The van der Waals surface area contributed by atoms with E-state index in [4.69, 9.17) is 18.9 Å². The topological polar surface area (TPSA) is 91.4 Å². The molecule has 9 heteroatoms. The second-order valence-corrected chi connectivity index (χ2v) is 15.1. The molecule has 0 unspecified atom stereocenters. The number of hydrogen-bond acceptors (Lipinski definition) is 7. The normalized spacial score (nSPS) is 11.6. The smallest absolute Gasteiger partial charge is 0.465 e. The van der Waals surface area contributed by atoms with Crippen LogP contribution >= 0.6 is 0 Å². The third kappa shape index (κ3) is 10.9. The molecule has 0 heterocycles. The first kappa shape index (κ1) is 28.0. The molecule has 0 saturated heterocycles. The molecule has 0 saturated carbocycles. The highest BCUT2D eigenvalue weighted by Gasteiger charge is 2.26. The molecule has 1 aromatic carbocycles. The molecule has 0 spiro atoms. The van der Waals surface area contributed by atoms with Crippen molar-refractivity contribution in [2.24, 2.45) is 0 Å². The van der Waals surface area contributed by atoms with E-state index in [0.29, 0.717) is 0 Å². The predicted molar refractivity (Wildman–Crippen MR) is 129 cm³/mol. The van der Waals surface area contributed by atoms with Gasteiger partial charge in [0.05, 0.1) is 24.9 Å². The van der Waals surface area contributed by atoms with Gasteiger partial charge in [-0.05, 0) is 53.7 Å². The van der Waals surface area contributed by atoms with Crippen LogP contribution in [-0.4, -0.2) is 51.1 Å². The van der Waals surface area contributed by atoms with Crippen molar-refractivity contribution in [1.29, 1.82) is 0 Å². The predicted octanol–water partition coefficient (Wildman–Crippen LogP) is 5.41. The zero-order valence-corrected chi connectivity index (χ0v) is 22.2. The molecule has 0 fully saturated rings. The Balaban J connectivity index is 3.48. The van der Waals surface area contributed by atoms with Gasteiger partial charge in [0.1, 0.15) is 25.0 Å². The highest BCUT2D eigenvalue weighted by Crippen LogP contribution is 2.27. The van der Waals surface area contributed by atoms with Gasteiger partial charge in [0.25, 0.3) is 0 Å². The number of carbonyl (C=O) groups is 3. The number of rotatable bonds is 4. The average molecular weight is 478 g/mol. The Hall–Kier alpha value is -2.99. The van der Waals surface area contributed by atoms with Crippen molar-refractivity contribution >= 4 is 32.0 Å². The summed E-state index contributed by atoms with van der Waals surface area (Å²) in [6.45, 7) is 16.6. The van der Waals surface area contributed by atoms with Gasteiger partial charge in [-0.25, -0.2) is 14.4 Å². The van der Waals surface area contributed by atoms with Crippen molar-refractivity contribution in [2.45, 2.75) is 72.4 Å². The van der Waals surface area contributed by atoms with E-state index >= 15 is 0 Å². The van der Waals surface area contributed by atoms with Crippen LogP contribution in [0.25, 0.3) is 0 Å². The maximum Gasteiger partial charge on any atom is 0.514 e. The molecule has 1 aromatic rings. The summed E-state index contributed by atoms with van der Waals surface area (Å²) in [5, 5.41) is 0. The fourth-order valence-corrected chi connectivity index (χ4v) is 2.97. The Labute approximate surface area is 197 Å². The standard InChI is InChI=1S/C24H35NO7Si/c1-23(2,3)31-21(27)25(12-11-13-33(8,9)10)18-14-17(20(26)29-7)15-19(16-18)30-22(28)32-24(4,5)6/h14-16H,12H2,1-10H3. The van der Waals surface area contributed by atoms with E-state index in [0.717, 1.165) is 0 Å². The number of carbonyl (C=O) groups excluding carboxylic acids is 3. The number of benzene rings is 1. The van der Waals surface area contributed by atoms with Crippen molar-refractivity contribution < 1.29 is 33.3 Å². The molecule has 1 amide bonds. The van der Waals surface area contributed by atoms with Crippen molar-refractivity contribution in [1.82, 2.24) is 0 Å². The van der Waals surface area contributed by atoms with Gasteiger partial charge in [-0.3, -0.25) is 4.90 Å². The summed E-state index contributed by atoms with van der Waals surface area (Å²) in [5.74, 6) is 2.38. The van der Waals surface area contributed by atoms with E-state index in [-0.39, 0.29) is 23.5 Å². The number of methoxy groups -OCH3 is 1. The number of nitrogens with zero attached hydrogens (tertiary/aromatic N) is 1. The number of ether oxygens (including phenoxy) is 4. The van der Waals surface area contributed by atoms with Crippen LogP contribution < -0.4 is 9.64 Å².